The quantitative estimate of drug-likeness (QED) is 0.703. The van der Waals surface area contributed by atoms with E-state index in [-0.39, 0.29) is 12.4 Å². The molecule has 7 heteroatoms. The Bertz CT molecular complexity index is 449. The van der Waals surface area contributed by atoms with Crippen molar-refractivity contribution in [3.63, 3.8) is 0 Å². The van der Waals surface area contributed by atoms with Crippen molar-refractivity contribution >= 4 is 0 Å². The smallest absolute Gasteiger partial charge is 0.261 e. The molecule has 2 aromatic heterocycles. The number of rotatable bonds is 3. The van der Waals surface area contributed by atoms with Crippen LogP contribution in [0.5, 0.6) is 0 Å². The van der Waals surface area contributed by atoms with Crippen molar-refractivity contribution in [2.24, 2.45) is 12.8 Å². The highest BCUT2D eigenvalue weighted by Gasteiger charge is 2.15. The predicted octanol–water partition coefficient (Wildman–Crippen LogP) is -0.538. The second-order valence-corrected chi connectivity index (χ2v) is 3.15. The minimum Gasteiger partial charge on any atom is -0.394 e. The summed E-state index contributed by atoms with van der Waals surface area (Å²) in [7, 11) is 1.79. The van der Waals surface area contributed by atoms with Crippen LogP contribution in [0, 0.1) is 0 Å². The van der Waals surface area contributed by atoms with Crippen molar-refractivity contribution in [2.75, 3.05) is 6.61 Å². The molecule has 0 spiro atoms. The summed E-state index contributed by atoms with van der Waals surface area (Å²) < 4.78 is 6.61. The molecule has 0 aliphatic carbocycles. The van der Waals surface area contributed by atoms with Crippen molar-refractivity contribution in [1.29, 1.82) is 0 Å². The maximum absolute atomic E-state index is 8.81. The molecule has 3 N–H and O–H groups in total. The average Bonchev–Trinajstić information content (AvgIpc) is 2.84. The Morgan fingerprint density at radius 2 is 2.47 bits per heavy atom. The van der Waals surface area contributed by atoms with Gasteiger partial charge in [0, 0.05) is 13.2 Å². The third kappa shape index (κ3) is 1.88. The fourth-order valence-corrected chi connectivity index (χ4v) is 1.12. The molecule has 1 atom stereocenters. The molecular formula is C8H11N5O2. The molecule has 15 heavy (non-hydrogen) atoms. The van der Waals surface area contributed by atoms with Crippen LogP contribution in [0.25, 0.3) is 11.5 Å². The highest BCUT2D eigenvalue weighted by Crippen LogP contribution is 2.17. The molecule has 0 aliphatic heterocycles. The largest absolute Gasteiger partial charge is 0.394 e. The number of aryl methyl sites for hydroxylation is 1. The van der Waals surface area contributed by atoms with Crippen LogP contribution in [0.3, 0.4) is 0 Å². The molecule has 1 unspecified atom stereocenters. The lowest BCUT2D eigenvalue weighted by Crippen LogP contribution is -2.15. The number of aliphatic hydroxyl groups is 1. The highest BCUT2D eigenvalue weighted by atomic mass is 16.5. The SMILES string of the molecule is Cn1cc(-c2nc(C(N)CO)no2)cn1. The van der Waals surface area contributed by atoms with E-state index >= 15 is 0 Å². The first kappa shape index (κ1) is 9.81. The minimum absolute atomic E-state index is 0.216. The van der Waals surface area contributed by atoms with Gasteiger partial charge in [-0.25, -0.2) is 0 Å². The summed E-state index contributed by atoms with van der Waals surface area (Å²) in [6.07, 6.45) is 3.36. The maximum Gasteiger partial charge on any atom is 0.261 e. The molecule has 2 aromatic rings. The summed E-state index contributed by atoms with van der Waals surface area (Å²) in [6, 6.07) is -0.612. The Kier molecular flexibility index (Phi) is 2.48. The average molecular weight is 209 g/mol. The highest BCUT2D eigenvalue weighted by molar-refractivity contribution is 5.49. The summed E-state index contributed by atoms with van der Waals surface area (Å²) in [5, 5.41) is 16.4. The van der Waals surface area contributed by atoms with Gasteiger partial charge in [-0.2, -0.15) is 10.1 Å². The van der Waals surface area contributed by atoms with E-state index in [2.05, 4.69) is 15.2 Å². The van der Waals surface area contributed by atoms with E-state index < -0.39 is 6.04 Å². The zero-order valence-electron chi connectivity index (χ0n) is 8.16. The molecule has 2 heterocycles. The van der Waals surface area contributed by atoms with Crippen LogP contribution >= 0.6 is 0 Å². The van der Waals surface area contributed by atoms with Gasteiger partial charge in [-0.15, -0.1) is 0 Å². The summed E-state index contributed by atoms with van der Waals surface area (Å²) in [5.74, 6) is 0.637. The van der Waals surface area contributed by atoms with Gasteiger partial charge in [0.1, 0.15) is 0 Å². The molecule has 0 radical (unpaired) electrons. The van der Waals surface area contributed by atoms with E-state index in [4.69, 9.17) is 15.4 Å². The van der Waals surface area contributed by atoms with Crippen LogP contribution in [-0.2, 0) is 7.05 Å². The molecule has 0 fully saturated rings. The summed E-state index contributed by atoms with van der Waals surface area (Å²) in [6.45, 7) is -0.216. The lowest BCUT2D eigenvalue weighted by Gasteiger charge is -1.98. The van der Waals surface area contributed by atoms with Gasteiger partial charge in [0.25, 0.3) is 5.89 Å². The zero-order valence-corrected chi connectivity index (χ0v) is 8.16. The third-order valence-electron chi connectivity index (χ3n) is 1.92. The van der Waals surface area contributed by atoms with E-state index in [1.807, 2.05) is 0 Å². The van der Waals surface area contributed by atoms with Gasteiger partial charge in [-0.1, -0.05) is 5.16 Å². The van der Waals surface area contributed by atoms with E-state index in [1.54, 1.807) is 24.1 Å². The van der Waals surface area contributed by atoms with Gasteiger partial charge in [-0.3, -0.25) is 4.68 Å². The molecular weight excluding hydrogens is 198 g/mol. The molecule has 0 saturated carbocycles. The van der Waals surface area contributed by atoms with E-state index in [0.717, 1.165) is 5.56 Å². The van der Waals surface area contributed by atoms with Crippen molar-refractivity contribution in [3.8, 4) is 11.5 Å². The van der Waals surface area contributed by atoms with Crippen molar-refractivity contribution in [3.05, 3.63) is 18.2 Å². The number of aromatic nitrogens is 4. The molecule has 0 aromatic carbocycles. The Hall–Kier alpha value is -1.73. The number of nitrogens with two attached hydrogens (primary N) is 1. The predicted molar refractivity (Wildman–Crippen MR) is 50.5 cm³/mol. The van der Waals surface area contributed by atoms with Crippen LogP contribution in [-0.4, -0.2) is 31.6 Å². The van der Waals surface area contributed by atoms with Gasteiger partial charge in [0.05, 0.1) is 24.4 Å². The van der Waals surface area contributed by atoms with E-state index in [1.165, 1.54) is 0 Å². The number of hydrogen-bond donors (Lipinski definition) is 2. The number of nitrogens with zero attached hydrogens (tertiary/aromatic N) is 4. The van der Waals surface area contributed by atoms with E-state index in [0.29, 0.717) is 5.89 Å². The lowest BCUT2D eigenvalue weighted by atomic mass is 10.3. The Balaban J connectivity index is 2.27. The molecule has 80 valence electrons. The van der Waals surface area contributed by atoms with Crippen LogP contribution < -0.4 is 5.73 Å². The number of aliphatic hydroxyl groups excluding tert-OH is 1. The van der Waals surface area contributed by atoms with Crippen molar-refractivity contribution in [2.45, 2.75) is 6.04 Å². The molecule has 0 amide bonds. The number of hydrogen-bond acceptors (Lipinski definition) is 6. The van der Waals surface area contributed by atoms with Crippen LogP contribution in [0.4, 0.5) is 0 Å². The third-order valence-corrected chi connectivity index (χ3v) is 1.92. The van der Waals surface area contributed by atoms with Crippen molar-refractivity contribution < 1.29 is 9.63 Å². The fourth-order valence-electron chi connectivity index (χ4n) is 1.12. The Labute approximate surface area is 85.5 Å². The van der Waals surface area contributed by atoms with Gasteiger partial charge in [-0.05, 0) is 0 Å². The lowest BCUT2D eigenvalue weighted by molar-refractivity contribution is 0.260. The zero-order chi connectivity index (χ0) is 10.8. The molecule has 2 rings (SSSR count). The van der Waals surface area contributed by atoms with Gasteiger partial charge in [0.2, 0.25) is 0 Å². The first-order chi connectivity index (χ1) is 7.20. The minimum atomic E-state index is -0.612. The molecule has 0 aliphatic rings. The summed E-state index contributed by atoms with van der Waals surface area (Å²) in [5.41, 5.74) is 6.26. The first-order valence-corrected chi connectivity index (χ1v) is 4.39. The summed E-state index contributed by atoms with van der Waals surface area (Å²) in [4.78, 5) is 4.05. The van der Waals surface area contributed by atoms with Crippen LogP contribution in [0.15, 0.2) is 16.9 Å². The van der Waals surface area contributed by atoms with Crippen LogP contribution in [0.2, 0.25) is 0 Å². The topological polar surface area (TPSA) is 103 Å². The fraction of sp³-hybridized carbons (Fsp3) is 0.375. The Morgan fingerprint density at radius 1 is 1.67 bits per heavy atom. The van der Waals surface area contributed by atoms with Gasteiger partial charge < -0.3 is 15.4 Å². The monoisotopic (exact) mass is 209 g/mol. The second kappa shape index (κ2) is 3.79. The van der Waals surface area contributed by atoms with Gasteiger partial charge >= 0.3 is 0 Å². The normalized spacial score (nSPS) is 13.0. The second-order valence-electron chi connectivity index (χ2n) is 3.15. The van der Waals surface area contributed by atoms with Crippen LogP contribution in [0.1, 0.15) is 11.9 Å². The van der Waals surface area contributed by atoms with Gasteiger partial charge in [0.15, 0.2) is 5.82 Å². The van der Waals surface area contributed by atoms with Crippen molar-refractivity contribution in [1.82, 2.24) is 19.9 Å². The summed E-state index contributed by atoms with van der Waals surface area (Å²) >= 11 is 0. The molecule has 7 nitrogen and oxygen atoms in total. The Morgan fingerprint density at radius 3 is 3.07 bits per heavy atom. The standard InChI is InChI=1S/C8H11N5O2/c1-13-3-5(2-10-13)8-11-7(12-15-8)6(9)4-14/h2-3,6,14H,4,9H2,1H3. The maximum atomic E-state index is 8.81. The van der Waals surface area contributed by atoms with E-state index in [9.17, 15) is 0 Å². The molecule has 0 bridgehead atoms. The molecule has 0 saturated heterocycles. The first-order valence-electron chi connectivity index (χ1n) is 4.39.